The maximum Gasteiger partial charge on any atom is 0.318 e. The topological polar surface area (TPSA) is 36.8 Å². The van der Waals surface area contributed by atoms with E-state index in [-0.39, 0.29) is 6.03 Å². The summed E-state index contributed by atoms with van der Waals surface area (Å²) < 4.78 is 0. The van der Waals surface area contributed by atoms with Crippen molar-refractivity contribution < 1.29 is 9.69 Å². The SMILES string of the molecule is Cc1ccc(CNC(=O)N2CC[NH+](Cc3ccccc3)CC2)cc1. The summed E-state index contributed by atoms with van der Waals surface area (Å²) in [6.07, 6.45) is 0. The van der Waals surface area contributed by atoms with Crippen LogP contribution in [-0.2, 0) is 13.1 Å². The van der Waals surface area contributed by atoms with Crippen LogP contribution in [0.1, 0.15) is 16.7 Å². The van der Waals surface area contributed by atoms with Crippen LogP contribution in [0.25, 0.3) is 0 Å². The molecule has 2 aromatic carbocycles. The number of nitrogens with one attached hydrogen (secondary N) is 2. The highest BCUT2D eigenvalue weighted by Crippen LogP contribution is 2.03. The van der Waals surface area contributed by atoms with Gasteiger partial charge in [-0.1, -0.05) is 60.2 Å². The monoisotopic (exact) mass is 324 g/mol. The van der Waals surface area contributed by atoms with Crippen LogP contribution in [-0.4, -0.2) is 37.1 Å². The standard InChI is InChI=1S/C20H25N3O/c1-17-7-9-18(10-8-17)15-21-20(24)23-13-11-22(12-14-23)16-19-5-3-2-4-6-19/h2-10H,11-16H2,1H3,(H,21,24)/p+1. The zero-order valence-corrected chi connectivity index (χ0v) is 14.3. The Morgan fingerprint density at radius 3 is 2.33 bits per heavy atom. The van der Waals surface area contributed by atoms with Crippen molar-refractivity contribution in [1.29, 1.82) is 0 Å². The summed E-state index contributed by atoms with van der Waals surface area (Å²) >= 11 is 0. The molecular formula is C20H26N3O+. The Hall–Kier alpha value is -2.33. The molecule has 0 bridgehead atoms. The number of urea groups is 1. The van der Waals surface area contributed by atoms with Gasteiger partial charge in [0.05, 0.1) is 26.2 Å². The van der Waals surface area contributed by atoms with E-state index in [0.717, 1.165) is 38.3 Å². The Morgan fingerprint density at radius 2 is 1.67 bits per heavy atom. The number of rotatable bonds is 4. The zero-order valence-electron chi connectivity index (χ0n) is 14.3. The van der Waals surface area contributed by atoms with E-state index in [1.54, 1.807) is 4.90 Å². The number of benzene rings is 2. The number of aryl methyl sites for hydroxylation is 1. The maximum atomic E-state index is 12.3. The van der Waals surface area contributed by atoms with Crippen LogP contribution >= 0.6 is 0 Å². The highest BCUT2D eigenvalue weighted by atomic mass is 16.2. The predicted molar refractivity (Wildman–Crippen MR) is 95.8 cm³/mol. The minimum Gasteiger partial charge on any atom is -0.334 e. The van der Waals surface area contributed by atoms with Gasteiger partial charge < -0.3 is 15.1 Å². The molecule has 0 atom stereocenters. The summed E-state index contributed by atoms with van der Waals surface area (Å²) in [5.41, 5.74) is 3.75. The number of hydrogen-bond donors (Lipinski definition) is 2. The third-order valence-electron chi connectivity index (χ3n) is 4.62. The number of quaternary nitrogens is 1. The van der Waals surface area contributed by atoms with Crippen LogP contribution in [0.2, 0.25) is 0 Å². The highest BCUT2D eigenvalue weighted by Gasteiger charge is 2.23. The summed E-state index contributed by atoms with van der Waals surface area (Å²) in [6, 6.07) is 18.9. The van der Waals surface area contributed by atoms with Gasteiger partial charge in [-0.05, 0) is 12.5 Å². The molecule has 0 radical (unpaired) electrons. The first-order valence-electron chi connectivity index (χ1n) is 8.66. The van der Waals surface area contributed by atoms with Crippen molar-refractivity contribution >= 4 is 6.03 Å². The Labute approximate surface area is 144 Å². The fourth-order valence-corrected chi connectivity index (χ4v) is 3.08. The van der Waals surface area contributed by atoms with Crippen LogP contribution in [0.3, 0.4) is 0 Å². The molecule has 3 rings (SSSR count). The van der Waals surface area contributed by atoms with Gasteiger partial charge in [-0.3, -0.25) is 0 Å². The van der Waals surface area contributed by atoms with Gasteiger partial charge in [0.1, 0.15) is 6.54 Å². The molecule has 24 heavy (non-hydrogen) atoms. The number of nitrogens with zero attached hydrogens (tertiary/aromatic N) is 1. The Kier molecular flexibility index (Phi) is 5.49. The van der Waals surface area contributed by atoms with E-state index in [9.17, 15) is 4.79 Å². The predicted octanol–water partition coefficient (Wildman–Crippen LogP) is 1.61. The molecule has 4 nitrogen and oxygen atoms in total. The summed E-state index contributed by atoms with van der Waals surface area (Å²) in [5.74, 6) is 0. The van der Waals surface area contributed by atoms with Crippen LogP contribution in [0.5, 0.6) is 0 Å². The molecule has 1 aliphatic heterocycles. The maximum absolute atomic E-state index is 12.3. The van der Waals surface area contributed by atoms with E-state index in [1.807, 2.05) is 4.90 Å². The van der Waals surface area contributed by atoms with Crippen LogP contribution in [0.4, 0.5) is 4.79 Å². The first-order valence-corrected chi connectivity index (χ1v) is 8.66. The third-order valence-corrected chi connectivity index (χ3v) is 4.62. The second-order valence-corrected chi connectivity index (χ2v) is 6.54. The minimum atomic E-state index is 0.0503. The highest BCUT2D eigenvalue weighted by molar-refractivity contribution is 5.74. The molecule has 0 unspecified atom stereocenters. The van der Waals surface area contributed by atoms with Crippen molar-refractivity contribution in [2.24, 2.45) is 0 Å². The van der Waals surface area contributed by atoms with Crippen molar-refractivity contribution in [3.8, 4) is 0 Å². The lowest BCUT2D eigenvalue weighted by Gasteiger charge is -2.32. The third kappa shape index (κ3) is 4.59. The molecule has 2 aromatic rings. The first-order chi connectivity index (χ1) is 11.7. The second-order valence-electron chi connectivity index (χ2n) is 6.54. The van der Waals surface area contributed by atoms with Crippen LogP contribution in [0, 0.1) is 6.92 Å². The fourth-order valence-electron chi connectivity index (χ4n) is 3.08. The van der Waals surface area contributed by atoms with Gasteiger partial charge in [-0.15, -0.1) is 0 Å². The molecule has 1 fully saturated rings. The quantitative estimate of drug-likeness (QED) is 0.881. The van der Waals surface area contributed by atoms with Crippen LogP contribution in [0.15, 0.2) is 54.6 Å². The van der Waals surface area contributed by atoms with E-state index in [0.29, 0.717) is 6.54 Å². The Morgan fingerprint density at radius 1 is 1.00 bits per heavy atom. The first kappa shape index (κ1) is 16.5. The second kappa shape index (κ2) is 7.97. The van der Waals surface area contributed by atoms with Crippen molar-refractivity contribution in [2.75, 3.05) is 26.2 Å². The number of carbonyl (C=O) groups is 1. The van der Waals surface area contributed by atoms with Gasteiger partial charge in [0.25, 0.3) is 0 Å². The molecule has 0 spiro atoms. The largest absolute Gasteiger partial charge is 0.334 e. The molecule has 0 saturated carbocycles. The van der Waals surface area contributed by atoms with Crippen molar-refractivity contribution in [3.05, 3.63) is 71.3 Å². The van der Waals surface area contributed by atoms with E-state index in [2.05, 4.69) is 66.8 Å². The molecule has 1 saturated heterocycles. The van der Waals surface area contributed by atoms with Gasteiger partial charge in [-0.2, -0.15) is 0 Å². The van der Waals surface area contributed by atoms with E-state index in [4.69, 9.17) is 0 Å². The summed E-state index contributed by atoms with van der Waals surface area (Å²) in [5, 5.41) is 3.03. The van der Waals surface area contributed by atoms with Gasteiger partial charge in [0.15, 0.2) is 0 Å². The lowest BCUT2D eigenvalue weighted by Crippen LogP contribution is -3.13. The molecule has 126 valence electrons. The van der Waals surface area contributed by atoms with Gasteiger partial charge >= 0.3 is 6.03 Å². The van der Waals surface area contributed by atoms with E-state index >= 15 is 0 Å². The zero-order chi connectivity index (χ0) is 16.8. The molecule has 2 N–H and O–H groups in total. The van der Waals surface area contributed by atoms with E-state index < -0.39 is 0 Å². The molecule has 1 aliphatic rings. The van der Waals surface area contributed by atoms with Crippen LogP contribution < -0.4 is 10.2 Å². The summed E-state index contributed by atoms with van der Waals surface area (Å²) in [7, 11) is 0. The Balaban J connectivity index is 1.42. The molecule has 1 heterocycles. The number of hydrogen-bond acceptors (Lipinski definition) is 1. The number of piperazine rings is 1. The minimum absolute atomic E-state index is 0.0503. The van der Waals surface area contributed by atoms with Gasteiger partial charge in [-0.25, -0.2) is 4.79 Å². The van der Waals surface area contributed by atoms with E-state index in [1.165, 1.54) is 11.1 Å². The molecular weight excluding hydrogens is 298 g/mol. The average molecular weight is 324 g/mol. The van der Waals surface area contributed by atoms with Crippen molar-refractivity contribution in [3.63, 3.8) is 0 Å². The normalized spacial score (nSPS) is 15.3. The van der Waals surface area contributed by atoms with Gasteiger partial charge in [0.2, 0.25) is 0 Å². The number of carbonyl (C=O) groups excluding carboxylic acids is 1. The summed E-state index contributed by atoms with van der Waals surface area (Å²) in [4.78, 5) is 15.8. The lowest BCUT2D eigenvalue weighted by atomic mass is 10.1. The summed E-state index contributed by atoms with van der Waals surface area (Å²) in [6.45, 7) is 7.36. The fraction of sp³-hybridized carbons (Fsp3) is 0.350. The van der Waals surface area contributed by atoms with Gasteiger partial charge in [0, 0.05) is 12.1 Å². The molecule has 2 amide bonds. The van der Waals surface area contributed by atoms with Crippen molar-refractivity contribution in [2.45, 2.75) is 20.0 Å². The molecule has 4 heteroatoms. The molecule has 0 aromatic heterocycles. The lowest BCUT2D eigenvalue weighted by molar-refractivity contribution is -0.917. The van der Waals surface area contributed by atoms with Crippen molar-refractivity contribution in [1.82, 2.24) is 10.2 Å². The number of amides is 2. The average Bonchev–Trinajstić information content (AvgIpc) is 2.62. The molecule has 0 aliphatic carbocycles. The Bertz CT molecular complexity index is 646. The smallest absolute Gasteiger partial charge is 0.318 e.